The second-order valence-corrected chi connectivity index (χ2v) is 10.4. The minimum absolute atomic E-state index is 0.0784. The normalized spacial score (nSPS) is 16.2. The summed E-state index contributed by atoms with van der Waals surface area (Å²) in [6, 6.07) is 12.5. The smallest absolute Gasteiger partial charge is 0.267 e. The summed E-state index contributed by atoms with van der Waals surface area (Å²) >= 11 is 7.29. The molecule has 1 unspecified atom stereocenters. The molecule has 0 radical (unpaired) electrons. The van der Waals surface area contributed by atoms with Gasteiger partial charge in [0.05, 0.1) is 11.9 Å². The standard InChI is InChI=1S/C20H19ClN4O4S2/c1-12-3-5-13(6-4-12)19-23-24-20(30-19)22-18(26)17-9-10-25(31(2,27)28)15-11-14(21)7-8-16(15)29-17/h3-8,11,17H,9-10H2,1-2H3,(H,22,24,26). The highest BCUT2D eigenvalue weighted by molar-refractivity contribution is 7.92. The summed E-state index contributed by atoms with van der Waals surface area (Å²) in [4.78, 5) is 12.9. The summed E-state index contributed by atoms with van der Waals surface area (Å²) in [7, 11) is -3.58. The van der Waals surface area contributed by atoms with Crippen LogP contribution in [0.5, 0.6) is 5.75 Å². The van der Waals surface area contributed by atoms with Gasteiger partial charge in [0.25, 0.3) is 5.91 Å². The van der Waals surface area contributed by atoms with Gasteiger partial charge in [-0.05, 0) is 25.1 Å². The lowest BCUT2D eigenvalue weighted by Crippen LogP contribution is -2.35. The largest absolute Gasteiger partial charge is 0.478 e. The monoisotopic (exact) mass is 478 g/mol. The van der Waals surface area contributed by atoms with Gasteiger partial charge < -0.3 is 4.74 Å². The molecule has 1 atom stereocenters. The topological polar surface area (TPSA) is 101 Å². The molecule has 162 valence electrons. The highest BCUT2D eigenvalue weighted by atomic mass is 35.5. The van der Waals surface area contributed by atoms with E-state index in [0.29, 0.717) is 20.8 Å². The Morgan fingerprint density at radius 2 is 1.97 bits per heavy atom. The number of aryl methyl sites for hydroxylation is 1. The molecule has 1 N–H and O–H groups in total. The molecule has 2 aromatic carbocycles. The maximum atomic E-state index is 12.9. The van der Waals surface area contributed by atoms with Crippen LogP contribution >= 0.6 is 22.9 Å². The first-order chi connectivity index (χ1) is 14.7. The third-order valence-electron chi connectivity index (χ3n) is 4.70. The third kappa shape index (κ3) is 4.81. The second-order valence-electron chi connectivity index (χ2n) is 7.11. The Kier molecular flexibility index (Phi) is 5.87. The fraction of sp³-hybridized carbons (Fsp3) is 0.250. The molecule has 0 aliphatic carbocycles. The van der Waals surface area contributed by atoms with E-state index in [4.69, 9.17) is 16.3 Å². The Labute approximate surface area is 188 Å². The van der Waals surface area contributed by atoms with E-state index in [2.05, 4.69) is 15.5 Å². The van der Waals surface area contributed by atoms with Gasteiger partial charge in [0, 0.05) is 23.6 Å². The van der Waals surface area contributed by atoms with E-state index in [1.807, 2.05) is 31.2 Å². The minimum Gasteiger partial charge on any atom is -0.478 e. The SMILES string of the molecule is Cc1ccc(-c2nnc(NC(=O)C3CCN(S(C)(=O)=O)c4cc(Cl)ccc4O3)s2)cc1. The number of nitrogens with one attached hydrogen (secondary N) is 1. The first-order valence-corrected chi connectivity index (χ1v) is 12.4. The van der Waals surface area contributed by atoms with Crippen molar-refractivity contribution in [1.29, 1.82) is 0 Å². The molecule has 0 spiro atoms. The molecule has 0 saturated carbocycles. The zero-order valence-corrected chi connectivity index (χ0v) is 19.1. The molecule has 3 aromatic rings. The fourth-order valence-electron chi connectivity index (χ4n) is 3.15. The number of hydrogen-bond acceptors (Lipinski definition) is 7. The number of sulfonamides is 1. The van der Waals surface area contributed by atoms with Crippen LogP contribution in [-0.2, 0) is 14.8 Å². The van der Waals surface area contributed by atoms with Crippen LogP contribution < -0.4 is 14.4 Å². The van der Waals surface area contributed by atoms with Crippen LogP contribution in [0.25, 0.3) is 10.6 Å². The zero-order chi connectivity index (χ0) is 22.2. The van der Waals surface area contributed by atoms with Gasteiger partial charge in [-0.25, -0.2) is 8.42 Å². The van der Waals surface area contributed by atoms with Crippen molar-refractivity contribution in [3.8, 4) is 16.3 Å². The van der Waals surface area contributed by atoms with Crippen LogP contribution in [0.3, 0.4) is 0 Å². The van der Waals surface area contributed by atoms with Crippen LogP contribution in [0, 0.1) is 6.92 Å². The third-order valence-corrected chi connectivity index (χ3v) is 7.00. The summed E-state index contributed by atoms with van der Waals surface area (Å²) in [5.41, 5.74) is 2.35. The van der Waals surface area contributed by atoms with Crippen molar-refractivity contribution in [2.24, 2.45) is 0 Å². The minimum atomic E-state index is -3.58. The molecule has 1 amide bonds. The van der Waals surface area contributed by atoms with Crippen molar-refractivity contribution < 1.29 is 17.9 Å². The molecule has 4 rings (SSSR count). The molecular weight excluding hydrogens is 460 g/mol. The van der Waals surface area contributed by atoms with E-state index in [1.165, 1.54) is 21.7 Å². The lowest BCUT2D eigenvalue weighted by molar-refractivity contribution is -0.122. The quantitative estimate of drug-likeness (QED) is 0.613. The predicted molar refractivity (Wildman–Crippen MR) is 121 cm³/mol. The predicted octanol–water partition coefficient (Wildman–Crippen LogP) is 3.72. The molecule has 31 heavy (non-hydrogen) atoms. The number of fused-ring (bicyclic) bond motifs is 1. The highest BCUT2D eigenvalue weighted by Gasteiger charge is 2.31. The van der Waals surface area contributed by atoms with E-state index in [9.17, 15) is 13.2 Å². The Balaban J connectivity index is 1.53. The number of ether oxygens (including phenoxy) is 1. The summed E-state index contributed by atoms with van der Waals surface area (Å²) in [6.45, 7) is 2.08. The molecule has 1 aromatic heterocycles. The number of carbonyl (C=O) groups is 1. The van der Waals surface area contributed by atoms with E-state index in [1.54, 1.807) is 12.1 Å². The number of hydrogen-bond donors (Lipinski definition) is 1. The molecule has 1 aliphatic rings. The van der Waals surface area contributed by atoms with Crippen LogP contribution in [-0.4, -0.2) is 43.4 Å². The van der Waals surface area contributed by atoms with Gasteiger partial charge in [-0.15, -0.1) is 10.2 Å². The number of nitrogens with zero attached hydrogens (tertiary/aromatic N) is 3. The van der Waals surface area contributed by atoms with E-state index < -0.39 is 22.0 Å². The average molecular weight is 479 g/mol. The summed E-state index contributed by atoms with van der Waals surface area (Å²) in [5, 5.41) is 12.3. The summed E-state index contributed by atoms with van der Waals surface area (Å²) in [6.07, 6.45) is 0.360. The van der Waals surface area contributed by atoms with Gasteiger partial charge in [0.15, 0.2) is 6.10 Å². The highest BCUT2D eigenvalue weighted by Crippen LogP contribution is 2.36. The van der Waals surface area contributed by atoms with Crippen molar-refractivity contribution >= 4 is 49.7 Å². The lowest BCUT2D eigenvalue weighted by Gasteiger charge is -2.21. The Morgan fingerprint density at radius 3 is 2.68 bits per heavy atom. The second kappa shape index (κ2) is 8.45. The van der Waals surface area contributed by atoms with Crippen molar-refractivity contribution in [2.75, 3.05) is 22.4 Å². The molecule has 11 heteroatoms. The Hall–Kier alpha value is -2.69. The molecular formula is C20H19ClN4O4S2. The van der Waals surface area contributed by atoms with Crippen molar-refractivity contribution in [2.45, 2.75) is 19.4 Å². The Morgan fingerprint density at radius 1 is 1.23 bits per heavy atom. The number of halogens is 1. The van der Waals surface area contributed by atoms with E-state index >= 15 is 0 Å². The maximum absolute atomic E-state index is 12.9. The number of carbonyl (C=O) groups excluding carboxylic acids is 1. The van der Waals surface area contributed by atoms with Crippen LogP contribution in [0.1, 0.15) is 12.0 Å². The fourth-order valence-corrected chi connectivity index (χ4v) is 5.01. The van der Waals surface area contributed by atoms with Crippen molar-refractivity contribution in [3.05, 3.63) is 53.1 Å². The van der Waals surface area contributed by atoms with Crippen LogP contribution in [0.15, 0.2) is 42.5 Å². The molecule has 8 nitrogen and oxygen atoms in total. The Bertz CT molecular complexity index is 1230. The molecule has 0 saturated heterocycles. The van der Waals surface area contributed by atoms with Crippen molar-refractivity contribution in [3.63, 3.8) is 0 Å². The first-order valence-electron chi connectivity index (χ1n) is 9.36. The van der Waals surface area contributed by atoms with Crippen molar-refractivity contribution in [1.82, 2.24) is 10.2 Å². The van der Waals surface area contributed by atoms with E-state index in [0.717, 1.165) is 17.4 Å². The van der Waals surface area contributed by atoms with Gasteiger partial charge in [0.2, 0.25) is 15.2 Å². The molecule has 2 heterocycles. The van der Waals surface area contributed by atoms with Gasteiger partial charge >= 0.3 is 0 Å². The number of aromatic nitrogens is 2. The van der Waals surface area contributed by atoms with Crippen LogP contribution in [0.2, 0.25) is 5.02 Å². The summed E-state index contributed by atoms with van der Waals surface area (Å²) < 4.78 is 31.6. The lowest BCUT2D eigenvalue weighted by atomic mass is 10.2. The molecule has 0 fully saturated rings. The van der Waals surface area contributed by atoms with Gasteiger partial charge in [0.1, 0.15) is 10.8 Å². The average Bonchev–Trinajstić information content (AvgIpc) is 3.07. The van der Waals surface area contributed by atoms with Gasteiger partial charge in [-0.2, -0.15) is 0 Å². The summed E-state index contributed by atoms with van der Waals surface area (Å²) in [5.74, 6) is -0.159. The number of anilines is 2. The molecule has 1 aliphatic heterocycles. The number of amides is 1. The number of rotatable bonds is 4. The zero-order valence-electron chi connectivity index (χ0n) is 16.7. The first kappa shape index (κ1) is 21.5. The van der Waals surface area contributed by atoms with Gasteiger partial charge in [-0.3, -0.25) is 14.4 Å². The van der Waals surface area contributed by atoms with E-state index in [-0.39, 0.29) is 18.7 Å². The van der Waals surface area contributed by atoms with Crippen LogP contribution in [0.4, 0.5) is 10.8 Å². The van der Waals surface area contributed by atoms with Gasteiger partial charge in [-0.1, -0.05) is 52.8 Å². The number of benzene rings is 2. The molecule has 0 bridgehead atoms. The maximum Gasteiger partial charge on any atom is 0.267 e.